The van der Waals surface area contributed by atoms with Crippen LogP contribution in [0.2, 0.25) is 0 Å². The molecule has 1 N–H and O–H groups in total. The highest BCUT2D eigenvalue weighted by molar-refractivity contribution is 5.93. The van der Waals surface area contributed by atoms with Crippen LogP contribution in [0.25, 0.3) is 0 Å². The van der Waals surface area contributed by atoms with E-state index in [-0.39, 0.29) is 12.3 Å². The van der Waals surface area contributed by atoms with Gasteiger partial charge in [0, 0.05) is 6.07 Å². The highest BCUT2D eigenvalue weighted by Crippen LogP contribution is 2.28. The highest BCUT2D eigenvalue weighted by Gasteiger charge is 2.15. The second-order valence-electron chi connectivity index (χ2n) is 5.20. The Kier molecular flexibility index (Phi) is 5.36. The Bertz CT molecular complexity index is 774. The Labute approximate surface area is 139 Å². The van der Waals surface area contributed by atoms with Crippen LogP contribution >= 0.6 is 0 Å². The van der Waals surface area contributed by atoms with Crippen LogP contribution in [0.3, 0.4) is 0 Å². The number of benzene rings is 2. The van der Waals surface area contributed by atoms with Crippen LogP contribution in [0, 0.1) is 24.0 Å². The molecule has 7 nitrogen and oxygen atoms in total. The average Bonchev–Trinajstić information content (AvgIpc) is 2.55. The van der Waals surface area contributed by atoms with Crippen molar-refractivity contribution in [1.82, 2.24) is 0 Å². The first kappa shape index (κ1) is 17.3. The molecule has 0 unspecified atom stereocenters. The van der Waals surface area contributed by atoms with E-state index in [1.165, 1.54) is 19.2 Å². The summed E-state index contributed by atoms with van der Waals surface area (Å²) in [6.07, 6.45) is 0. The Hall–Kier alpha value is -3.09. The topological polar surface area (TPSA) is 90.7 Å². The average molecular weight is 330 g/mol. The van der Waals surface area contributed by atoms with Gasteiger partial charge in [-0.05, 0) is 37.6 Å². The summed E-state index contributed by atoms with van der Waals surface area (Å²) in [4.78, 5) is 22.5. The lowest BCUT2D eigenvalue weighted by Crippen LogP contribution is -2.21. The Balaban J connectivity index is 2.05. The van der Waals surface area contributed by atoms with Gasteiger partial charge in [0.05, 0.1) is 23.3 Å². The van der Waals surface area contributed by atoms with Crippen molar-refractivity contribution in [3.8, 4) is 11.5 Å². The number of nitro groups is 1. The lowest BCUT2D eigenvalue weighted by Gasteiger charge is -2.12. The van der Waals surface area contributed by atoms with E-state index in [1.54, 1.807) is 25.1 Å². The van der Waals surface area contributed by atoms with Crippen molar-refractivity contribution in [2.24, 2.45) is 0 Å². The number of carbonyl (C=O) groups excluding carboxylic acids is 1. The predicted octanol–water partition coefficient (Wildman–Crippen LogP) is 3.24. The first-order chi connectivity index (χ1) is 11.4. The summed E-state index contributed by atoms with van der Waals surface area (Å²) in [5.41, 5.74) is 1.74. The van der Waals surface area contributed by atoms with Gasteiger partial charge in [-0.1, -0.05) is 12.1 Å². The van der Waals surface area contributed by atoms with E-state index in [0.29, 0.717) is 22.7 Å². The van der Waals surface area contributed by atoms with Crippen molar-refractivity contribution < 1.29 is 19.2 Å². The SMILES string of the molecule is COc1cc(C)ccc1OCC(=O)Nc1cccc([N+](=O)[O-])c1C. The second-order valence-corrected chi connectivity index (χ2v) is 5.20. The molecule has 1 amide bonds. The first-order valence-electron chi connectivity index (χ1n) is 7.23. The molecule has 0 aliphatic heterocycles. The molecule has 0 saturated carbocycles. The van der Waals surface area contributed by atoms with Gasteiger partial charge in [-0.3, -0.25) is 14.9 Å². The van der Waals surface area contributed by atoms with E-state index in [1.807, 2.05) is 13.0 Å². The standard InChI is InChI=1S/C17H18N2O5/c1-11-7-8-15(16(9-11)23-3)24-10-17(20)18-13-5-4-6-14(12(13)2)19(21)22/h4-9H,10H2,1-3H3,(H,18,20). The van der Waals surface area contributed by atoms with Crippen LogP contribution in [0.1, 0.15) is 11.1 Å². The fraction of sp³-hybridized carbons (Fsp3) is 0.235. The zero-order valence-corrected chi connectivity index (χ0v) is 13.7. The molecule has 2 rings (SSSR count). The van der Waals surface area contributed by atoms with E-state index in [0.717, 1.165) is 5.56 Å². The summed E-state index contributed by atoms with van der Waals surface area (Å²) in [6, 6.07) is 9.88. The molecule has 0 aliphatic carbocycles. The third-order valence-corrected chi connectivity index (χ3v) is 3.45. The van der Waals surface area contributed by atoms with Gasteiger partial charge in [-0.15, -0.1) is 0 Å². The van der Waals surface area contributed by atoms with Crippen LogP contribution < -0.4 is 14.8 Å². The van der Waals surface area contributed by atoms with Crippen molar-refractivity contribution in [2.45, 2.75) is 13.8 Å². The number of anilines is 1. The minimum absolute atomic E-state index is 0.0473. The van der Waals surface area contributed by atoms with E-state index in [2.05, 4.69) is 5.32 Å². The monoisotopic (exact) mass is 330 g/mol. The van der Waals surface area contributed by atoms with Gasteiger partial charge in [-0.2, -0.15) is 0 Å². The van der Waals surface area contributed by atoms with Gasteiger partial charge in [-0.25, -0.2) is 0 Å². The van der Waals surface area contributed by atoms with E-state index in [4.69, 9.17) is 9.47 Å². The summed E-state index contributed by atoms with van der Waals surface area (Å²) in [5, 5.41) is 13.5. The van der Waals surface area contributed by atoms with Crippen LogP contribution in [0.15, 0.2) is 36.4 Å². The maximum Gasteiger partial charge on any atom is 0.274 e. The fourth-order valence-electron chi connectivity index (χ4n) is 2.18. The summed E-state index contributed by atoms with van der Waals surface area (Å²) in [6.45, 7) is 3.27. The third-order valence-electron chi connectivity index (χ3n) is 3.45. The van der Waals surface area contributed by atoms with Gasteiger partial charge in [0.1, 0.15) is 0 Å². The lowest BCUT2D eigenvalue weighted by atomic mass is 10.1. The number of aryl methyl sites for hydroxylation is 1. The van der Waals surface area contributed by atoms with Crippen LogP contribution in [-0.4, -0.2) is 24.5 Å². The quantitative estimate of drug-likeness (QED) is 0.648. The Morgan fingerprint density at radius 2 is 1.96 bits per heavy atom. The summed E-state index contributed by atoms with van der Waals surface area (Å²) in [7, 11) is 1.52. The predicted molar refractivity (Wildman–Crippen MR) is 89.7 cm³/mol. The number of methoxy groups -OCH3 is 1. The van der Waals surface area contributed by atoms with Crippen LogP contribution in [0.5, 0.6) is 11.5 Å². The molecule has 2 aromatic carbocycles. The van der Waals surface area contributed by atoms with Gasteiger partial charge in [0.25, 0.3) is 11.6 Å². The molecule has 0 aliphatic rings. The molecule has 126 valence electrons. The largest absolute Gasteiger partial charge is 0.493 e. The molecule has 0 aromatic heterocycles. The number of nitrogens with zero attached hydrogens (tertiary/aromatic N) is 1. The third kappa shape index (κ3) is 4.01. The molecule has 0 atom stereocenters. The van der Waals surface area contributed by atoms with Gasteiger partial charge >= 0.3 is 0 Å². The van der Waals surface area contributed by atoms with Crippen molar-refractivity contribution in [1.29, 1.82) is 0 Å². The van der Waals surface area contributed by atoms with Crippen molar-refractivity contribution in [3.05, 3.63) is 57.6 Å². The zero-order chi connectivity index (χ0) is 17.7. The van der Waals surface area contributed by atoms with Gasteiger partial charge in [0.15, 0.2) is 18.1 Å². The van der Waals surface area contributed by atoms with Gasteiger partial charge in [0.2, 0.25) is 0 Å². The van der Waals surface area contributed by atoms with E-state index < -0.39 is 10.8 Å². The molecule has 0 heterocycles. The number of amides is 1. The Morgan fingerprint density at radius 1 is 1.21 bits per heavy atom. The number of nitro benzene ring substituents is 1. The number of nitrogens with one attached hydrogen (secondary N) is 1. The smallest absolute Gasteiger partial charge is 0.274 e. The van der Waals surface area contributed by atoms with Crippen molar-refractivity contribution >= 4 is 17.3 Å². The molecule has 24 heavy (non-hydrogen) atoms. The van der Waals surface area contributed by atoms with Crippen molar-refractivity contribution in [3.63, 3.8) is 0 Å². The molecule has 0 saturated heterocycles. The Morgan fingerprint density at radius 3 is 2.62 bits per heavy atom. The second kappa shape index (κ2) is 7.45. The zero-order valence-electron chi connectivity index (χ0n) is 13.7. The number of hydrogen-bond acceptors (Lipinski definition) is 5. The van der Waals surface area contributed by atoms with Gasteiger partial charge < -0.3 is 14.8 Å². The molecule has 0 fully saturated rings. The normalized spacial score (nSPS) is 10.1. The molecular weight excluding hydrogens is 312 g/mol. The fourth-order valence-corrected chi connectivity index (χ4v) is 2.18. The summed E-state index contributed by atoms with van der Waals surface area (Å²) < 4.78 is 10.7. The number of ether oxygens (including phenoxy) is 2. The van der Waals surface area contributed by atoms with Crippen LogP contribution in [-0.2, 0) is 4.79 Å². The maximum absolute atomic E-state index is 12.0. The maximum atomic E-state index is 12.0. The van der Waals surface area contributed by atoms with E-state index >= 15 is 0 Å². The molecule has 0 radical (unpaired) electrons. The minimum atomic E-state index is -0.487. The lowest BCUT2D eigenvalue weighted by molar-refractivity contribution is -0.385. The molecule has 2 aromatic rings. The molecule has 0 spiro atoms. The number of rotatable bonds is 6. The van der Waals surface area contributed by atoms with E-state index in [9.17, 15) is 14.9 Å². The summed E-state index contributed by atoms with van der Waals surface area (Å²) >= 11 is 0. The molecule has 7 heteroatoms. The van der Waals surface area contributed by atoms with Crippen molar-refractivity contribution in [2.75, 3.05) is 19.0 Å². The summed E-state index contributed by atoms with van der Waals surface area (Å²) in [5.74, 6) is 0.574. The van der Waals surface area contributed by atoms with Crippen LogP contribution in [0.4, 0.5) is 11.4 Å². The first-order valence-corrected chi connectivity index (χ1v) is 7.23. The molecule has 0 bridgehead atoms. The number of hydrogen-bond donors (Lipinski definition) is 1. The number of carbonyl (C=O) groups is 1. The highest BCUT2D eigenvalue weighted by atomic mass is 16.6. The minimum Gasteiger partial charge on any atom is -0.493 e. The molecular formula is C17H18N2O5.